The number of carbonyl (C=O) groups is 1. The van der Waals surface area contributed by atoms with Crippen LogP contribution in [-0.4, -0.2) is 47.6 Å². The van der Waals surface area contributed by atoms with Crippen molar-refractivity contribution in [3.63, 3.8) is 0 Å². The van der Waals surface area contributed by atoms with E-state index in [4.69, 9.17) is 0 Å². The molecule has 1 unspecified atom stereocenters. The lowest BCUT2D eigenvalue weighted by Gasteiger charge is -2.57. The van der Waals surface area contributed by atoms with Gasteiger partial charge in [0.25, 0.3) is 5.91 Å². The number of halogens is 3. The van der Waals surface area contributed by atoms with Gasteiger partial charge in [-0.1, -0.05) is 6.92 Å². The second-order valence-corrected chi connectivity index (χ2v) is 9.24. The third kappa shape index (κ3) is 4.05. The van der Waals surface area contributed by atoms with Crippen molar-refractivity contribution in [2.75, 3.05) is 0 Å². The van der Waals surface area contributed by atoms with E-state index in [9.17, 15) is 18.0 Å². The first-order valence-corrected chi connectivity index (χ1v) is 11.4. The summed E-state index contributed by atoms with van der Waals surface area (Å²) in [5.74, 6) is 1.13. The van der Waals surface area contributed by atoms with E-state index < -0.39 is 11.7 Å². The van der Waals surface area contributed by atoms with Crippen LogP contribution < -0.4 is 0 Å². The Labute approximate surface area is 195 Å². The van der Waals surface area contributed by atoms with Crippen molar-refractivity contribution in [2.45, 2.75) is 50.9 Å². The number of carbonyl (C=O) groups excluding carboxylic acids is 1. The average molecular weight is 470 g/mol. The molecule has 7 nitrogen and oxygen atoms in total. The lowest BCUT2D eigenvalue weighted by molar-refractivity contribution is -0.137. The fraction of sp³-hybridized carbons (Fsp3) is 0.458. The number of hydrogen-bond acceptors (Lipinski definition) is 5. The molecular weight excluding hydrogens is 445 g/mol. The molecule has 2 bridgehead atoms. The highest BCUT2D eigenvalue weighted by molar-refractivity contribution is 5.98. The van der Waals surface area contributed by atoms with Gasteiger partial charge in [0, 0.05) is 49.6 Å². The summed E-state index contributed by atoms with van der Waals surface area (Å²) in [6.45, 7) is 2.16. The summed E-state index contributed by atoms with van der Waals surface area (Å²) in [6, 6.07) is 4.30. The number of fused-ring (bicyclic) bond motifs is 2. The van der Waals surface area contributed by atoms with Gasteiger partial charge in [-0.05, 0) is 55.7 Å². The zero-order valence-corrected chi connectivity index (χ0v) is 18.9. The maximum atomic E-state index is 13.8. The number of amides is 1. The molecule has 3 fully saturated rings. The summed E-state index contributed by atoms with van der Waals surface area (Å²) in [6.07, 6.45) is 4.52. The normalized spacial score (nSPS) is 24.1. The first-order chi connectivity index (χ1) is 16.2. The number of pyridine rings is 1. The van der Waals surface area contributed by atoms with Gasteiger partial charge in [-0.2, -0.15) is 18.3 Å². The summed E-state index contributed by atoms with van der Waals surface area (Å²) in [5, 5.41) is 4.45. The van der Waals surface area contributed by atoms with Gasteiger partial charge in [-0.15, -0.1) is 0 Å². The molecule has 2 atom stereocenters. The van der Waals surface area contributed by atoms with E-state index in [1.807, 2.05) is 4.90 Å². The smallest absolute Gasteiger partial charge is 0.331 e. The molecular formula is C24H25F3N6O. The van der Waals surface area contributed by atoms with Gasteiger partial charge >= 0.3 is 6.18 Å². The van der Waals surface area contributed by atoms with E-state index in [-0.39, 0.29) is 23.9 Å². The van der Waals surface area contributed by atoms with Crippen LogP contribution in [0.15, 0.2) is 43.0 Å². The predicted octanol–water partition coefficient (Wildman–Crippen LogP) is 4.16. The largest absolute Gasteiger partial charge is 0.417 e. The Morgan fingerprint density at radius 2 is 1.88 bits per heavy atom. The number of alkyl halides is 3. The van der Waals surface area contributed by atoms with E-state index in [2.05, 4.69) is 27.0 Å². The quantitative estimate of drug-likeness (QED) is 0.560. The first kappa shape index (κ1) is 22.5. The zero-order valence-electron chi connectivity index (χ0n) is 18.9. The Hall–Kier alpha value is -3.30. The maximum Gasteiger partial charge on any atom is 0.417 e. The van der Waals surface area contributed by atoms with Crippen molar-refractivity contribution in [1.29, 1.82) is 0 Å². The molecule has 1 amide bonds. The maximum absolute atomic E-state index is 13.8. The van der Waals surface area contributed by atoms with Gasteiger partial charge in [-0.25, -0.2) is 9.97 Å². The molecule has 2 aliphatic heterocycles. The highest BCUT2D eigenvalue weighted by Gasteiger charge is 2.51. The summed E-state index contributed by atoms with van der Waals surface area (Å²) in [7, 11) is 1.76. The third-order valence-corrected chi connectivity index (χ3v) is 7.17. The van der Waals surface area contributed by atoms with Crippen molar-refractivity contribution < 1.29 is 18.0 Å². The van der Waals surface area contributed by atoms with Crippen LogP contribution in [-0.2, 0) is 19.6 Å². The van der Waals surface area contributed by atoms with Crippen LogP contribution in [0.4, 0.5) is 13.2 Å². The molecule has 0 N–H and O–H groups in total. The highest BCUT2D eigenvalue weighted by atomic mass is 19.4. The number of piperidine rings is 2. The fourth-order valence-electron chi connectivity index (χ4n) is 5.25. The van der Waals surface area contributed by atoms with Crippen molar-refractivity contribution in [2.24, 2.45) is 18.9 Å². The summed E-state index contributed by atoms with van der Waals surface area (Å²) < 4.78 is 40.2. The number of rotatable bonds is 5. The van der Waals surface area contributed by atoms with E-state index in [0.717, 1.165) is 25.1 Å². The van der Waals surface area contributed by atoms with Crippen molar-refractivity contribution in [1.82, 2.24) is 29.6 Å². The second-order valence-electron chi connectivity index (χ2n) is 9.24. The number of aryl methyl sites for hydroxylation is 2. The van der Waals surface area contributed by atoms with Gasteiger partial charge in [-0.3, -0.25) is 14.5 Å². The lowest BCUT2D eigenvalue weighted by Crippen LogP contribution is -2.63. The summed E-state index contributed by atoms with van der Waals surface area (Å²) >= 11 is 0. The fourth-order valence-corrected chi connectivity index (χ4v) is 5.25. The number of hydrogen-bond donors (Lipinski definition) is 0. The minimum atomic E-state index is -4.41. The summed E-state index contributed by atoms with van der Waals surface area (Å²) in [5.41, 5.74) is 0.739. The van der Waals surface area contributed by atoms with Crippen LogP contribution in [0.3, 0.4) is 0 Å². The van der Waals surface area contributed by atoms with Gasteiger partial charge in [0.15, 0.2) is 11.5 Å². The molecule has 1 saturated carbocycles. The molecule has 1 aliphatic carbocycles. The average Bonchev–Trinajstić information content (AvgIpc) is 3.18. The van der Waals surface area contributed by atoms with Gasteiger partial charge < -0.3 is 4.90 Å². The summed E-state index contributed by atoms with van der Waals surface area (Å²) in [4.78, 5) is 28.4. The van der Waals surface area contributed by atoms with Crippen LogP contribution in [0.5, 0.6) is 0 Å². The molecule has 3 aromatic rings. The lowest BCUT2D eigenvalue weighted by atomic mass is 9.64. The molecule has 3 aromatic heterocycles. The molecule has 0 spiro atoms. The Morgan fingerprint density at radius 3 is 2.53 bits per heavy atom. The molecule has 34 heavy (non-hydrogen) atoms. The van der Waals surface area contributed by atoms with E-state index >= 15 is 0 Å². The Morgan fingerprint density at radius 1 is 1.15 bits per heavy atom. The Balaban J connectivity index is 1.39. The molecule has 5 heterocycles. The number of nitrogens with zero attached hydrogens (tertiary/aromatic N) is 6. The van der Waals surface area contributed by atoms with Crippen molar-refractivity contribution in [3.8, 4) is 11.4 Å². The van der Waals surface area contributed by atoms with Crippen molar-refractivity contribution in [3.05, 3.63) is 59.9 Å². The van der Waals surface area contributed by atoms with Crippen molar-refractivity contribution >= 4 is 5.91 Å². The predicted molar refractivity (Wildman–Crippen MR) is 117 cm³/mol. The van der Waals surface area contributed by atoms with Crippen LogP contribution in [0.1, 0.15) is 47.9 Å². The van der Waals surface area contributed by atoms with Crippen LogP contribution >= 0.6 is 0 Å². The van der Waals surface area contributed by atoms with Gasteiger partial charge in [0.1, 0.15) is 0 Å². The molecule has 178 valence electrons. The monoisotopic (exact) mass is 470 g/mol. The van der Waals surface area contributed by atoms with Gasteiger partial charge in [0.2, 0.25) is 0 Å². The molecule has 3 aliphatic rings. The minimum Gasteiger partial charge on any atom is -0.331 e. The van der Waals surface area contributed by atoms with Crippen LogP contribution in [0.25, 0.3) is 11.4 Å². The topological polar surface area (TPSA) is 76.8 Å². The first-order valence-electron chi connectivity index (χ1n) is 11.4. The third-order valence-electron chi connectivity index (χ3n) is 7.17. The highest BCUT2D eigenvalue weighted by Crippen LogP contribution is 2.48. The van der Waals surface area contributed by atoms with E-state index in [1.54, 1.807) is 36.4 Å². The molecule has 10 heteroatoms. The van der Waals surface area contributed by atoms with E-state index in [0.29, 0.717) is 41.5 Å². The number of aromatic nitrogens is 5. The molecule has 0 aromatic carbocycles. The molecule has 6 rings (SSSR count). The SMILES string of the molecule is C[C@@H]1C2CC(C2)N(C(=O)c2nn(C)cc2-c2ncccn2)C1CCc1ccc(C(F)(F)F)cn1. The Bertz CT molecular complexity index is 1170. The zero-order chi connectivity index (χ0) is 24.0. The second kappa shape index (κ2) is 8.48. The van der Waals surface area contributed by atoms with Gasteiger partial charge in [0.05, 0.1) is 11.1 Å². The van der Waals surface area contributed by atoms with Crippen LogP contribution in [0, 0.1) is 11.8 Å². The molecule has 0 radical (unpaired) electrons. The van der Waals surface area contributed by atoms with Crippen LogP contribution in [0.2, 0.25) is 0 Å². The molecule has 2 saturated heterocycles. The van der Waals surface area contributed by atoms with E-state index in [1.165, 1.54) is 6.07 Å². The Kier molecular flexibility index (Phi) is 5.61. The minimum absolute atomic E-state index is 0.0411. The standard InChI is InChI=1S/C24H25F3N6O/c1-14-15-10-18(11-15)33(20(14)7-6-17-5-4-16(12-30-17)24(25,26)27)23(34)21-19(13-32(2)31-21)22-28-8-3-9-29-22/h3-5,8-9,12-15,18,20H,6-7,10-11H2,1-2H3/t14-,15?,18?,20?/m1/s1.